The first kappa shape index (κ1) is 15.2. The summed E-state index contributed by atoms with van der Waals surface area (Å²) < 4.78 is 0. The van der Waals surface area contributed by atoms with Gasteiger partial charge < -0.3 is 16.0 Å². The zero-order valence-electron chi connectivity index (χ0n) is 13.0. The third kappa shape index (κ3) is 3.24. The highest BCUT2D eigenvalue weighted by Crippen LogP contribution is 2.27. The number of nitrogens with zero attached hydrogens (tertiary/aromatic N) is 1. The molecular formula is C18H20N4O. The molecule has 2 heterocycles. The van der Waals surface area contributed by atoms with E-state index >= 15 is 0 Å². The summed E-state index contributed by atoms with van der Waals surface area (Å²) in [5.74, 6) is -0.142. The molecule has 0 bridgehead atoms. The van der Waals surface area contributed by atoms with Crippen molar-refractivity contribution in [3.05, 3.63) is 48.8 Å². The molecule has 0 saturated carbocycles. The maximum Gasteiger partial charge on any atom is 0.241 e. The van der Waals surface area contributed by atoms with Crippen LogP contribution in [0.2, 0.25) is 0 Å². The normalized spacial score (nSPS) is 12.3. The van der Waals surface area contributed by atoms with Gasteiger partial charge in [-0.25, -0.2) is 4.98 Å². The zero-order chi connectivity index (χ0) is 16.2. The number of hydrogen-bond acceptors (Lipinski definition) is 3. The van der Waals surface area contributed by atoms with Crippen molar-refractivity contribution in [2.24, 2.45) is 5.73 Å². The largest absolute Gasteiger partial charge is 0.346 e. The molecule has 0 aliphatic rings. The average Bonchev–Trinajstić information content (AvgIpc) is 3.04. The Balaban J connectivity index is 1.80. The molecule has 0 radical (unpaired) electrons. The maximum atomic E-state index is 11.9. The molecule has 5 heteroatoms. The average molecular weight is 308 g/mol. The number of pyridine rings is 1. The quantitative estimate of drug-likeness (QED) is 0.676. The third-order valence-corrected chi connectivity index (χ3v) is 3.86. The van der Waals surface area contributed by atoms with Gasteiger partial charge >= 0.3 is 0 Å². The number of carbonyl (C=O) groups is 1. The Morgan fingerprint density at radius 2 is 2.04 bits per heavy atom. The minimum atomic E-state index is -0.459. The number of aromatic amines is 1. The molecule has 2 aromatic heterocycles. The van der Waals surface area contributed by atoms with Crippen LogP contribution < -0.4 is 11.1 Å². The van der Waals surface area contributed by atoms with Gasteiger partial charge in [0.2, 0.25) is 5.91 Å². The van der Waals surface area contributed by atoms with Gasteiger partial charge in [0, 0.05) is 23.5 Å². The van der Waals surface area contributed by atoms with E-state index in [0.717, 1.165) is 34.3 Å². The van der Waals surface area contributed by atoms with Crippen molar-refractivity contribution in [3.8, 4) is 11.1 Å². The summed E-state index contributed by atoms with van der Waals surface area (Å²) >= 11 is 0. The van der Waals surface area contributed by atoms with Crippen LogP contribution in [0.1, 0.15) is 19.8 Å². The fourth-order valence-electron chi connectivity index (χ4n) is 2.62. The number of carbonyl (C=O) groups excluding carboxylic acids is 1. The zero-order valence-corrected chi connectivity index (χ0v) is 13.0. The van der Waals surface area contributed by atoms with Crippen LogP contribution in [0.3, 0.4) is 0 Å². The summed E-state index contributed by atoms with van der Waals surface area (Å²) in [7, 11) is 0. The Kier molecular flexibility index (Phi) is 4.39. The van der Waals surface area contributed by atoms with Gasteiger partial charge in [0.25, 0.3) is 0 Å². The molecule has 1 atom stereocenters. The monoisotopic (exact) mass is 308 g/mol. The molecule has 0 saturated heterocycles. The molecule has 1 amide bonds. The van der Waals surface area contributed by atoms with Crippen molar-refractivity contribution >= 4 is 22.6 Å². The molecule has 0 aliphatic carbocycles. The Hall–Kier alpha value is -2.66. The van der Waals surface area contributed by atoms with E-state index in [1.807, 2.05) is 49.5 Å². The minimum absolute atomic E-state index is 0.142. The van der Waals surface area contributed by atoms with Gasteiger partial charge in [0.05, 0.1) is 6.04 Å². The molecule has 5 nitrogen and oxygen atoms in total. The Labute approximate surface area is 134 Å². The highest BCUT2D eigenvalue weighted by atomic mass is 16.2. The number of anilines is 1. The van der Waals surface area contributed by atoms with Crippen LogP contribution in [0.25, 0.3) is 22.2 Å². The molecule has 3 rings (SSSR count). The van der Waals surface area contributed by atoms with E-state index in [4.69, 9.17) is 5.73 Å². The summed E-state index contributed by atoms with van der Waals surface area (Å²) in [4.78, 5) is 19.4. The molecule has 0 aliphatic heterocycles. The molecule has 0 spiro atoms. The minimum Gasteiger partial charge on any atom is -0.346 e. The molecule has 0 fully saturated rings. The predicted octanol–water partition coefficient (Wildman–Crippen LogP) is 3.30. The molecular weight excluding hydrogens is 288 g/mol. The summed E-state index contributed by atoms with van der Waals surface area (Å²) in [5, 5.41) is 3.93. The van der Waals surface area contributed by atoms with Crippen LogP contribution in [0.5, 0.6) is 0 Å². The Morgan fingerprint density at radius 3 is 2.78 bits per heavy atom. The smallest absolute Gasteiger partial charge is 0.241 e. The number of hydrogen-bond donors (Lipinski definition) is 3. The lowest BCUT2D eigenvalue weighted by Crippen LogP contribution is -2.35. The highest BCUT2D eigenvalue weighted by Gasteiger charge is 2.12. The number of aromatic nitrogens is 2. The molecule has 23 heavy (non-hydrogen) atoms. The summed E-state index contributed by atoms with van der Waals surface area (Å²) in [5.41, 5.74) is 9.63. The summed E-state index contributed by atoms with van der Waals surface area (Å²) in [6, 6.07) is 11.3. The van der Waals surface area contributed by atoms with Crippen LogP contribution >= 0.6 is 0 Å². The van der Waals surface area contributed by atoms with Crippen molar-refractivity contribution < 1.29 is 4.79 Å². The van der Waals surface area contributed by atoms with Crippen LogP contribution in [0, 0.1) is 0 Å². The first-order valence-electron chi connectivity index (χ1n) is 7.78. The van der Waals surface area contributed by atoms with E-state index in [0.29, 0.717) is 6.42 Å². The SMILES string of the molecule is CCC[C@@H](N)C(=O)Nc1ccc(-c2ccnc3[nH]ccc23)cc1. The van der Waals surface area contributed by atoms with Gasteiger partial charge in [-0.3, -0.25) is 4.79 Å². The Morgan fingerprint density at radius 1 is 1.26 bits per heavy atom. The first-order valence-corrected chi connectivity index (χ1v) is 7.78. The lowest BCUT2D eigenvalue weighted by Gasteiger charge is -2.11. The fraction of sp³-hybridized carbons (Fsp3) is 0.222. The van der Waals surface area contributed by atoms with Crippen molar-refractivity contribution in [2.45, 2.75) is 25.8 Å². The van der Waals surface area contributed by atoms with E-state index in [1.54, 1.807) is 6.20 Å². The molecule has 4 N–H and O–H groups in total. The second-order valence-corrected chi connectivity index (χ2v) is 5.56. The fourth-order valence-corrected chi connectivity index (χ4v) is 2.62. The van der Waals surface area contributed by atoms with Crippen molar-refractivity contribution in [1.29, 1.82) is 0 Å². The van der Waals surface area contributed by atoms with Crippen molar-refractivity contribution in [3.63, 3.8) is 0 Å². The van der Waals surface area contributed by atoms with Gasteiger partial charge in [-0.1, -0.05) is 25.5 Å². The number of nitrogens with two attached hydrogens (primary N) is 1. The van der Waals surface area contributed by atoms with E-state index < -0.39 is 6.04 Å². The number of rotatable bonds is 5. The second-order valence-electron chi connectivity index (χ2n) is 5.56. The van der Waals surface area contributed by atoms with E-state index in [1.165, 1.54) is 0 Å². The van der Waals surface area contributed by atoms with Crippen molar-refractivity contribution in [1.82, 2.24) is 9.97 Å². The van der Waals surface area contributed by atoms with Gasteiger partial charge in [-0.2, -0.15) is 0 Å². The van der Waals surface area contributed by atoms with Crippen LogP contribution in [-0.4, -0.2) is 21.9 Å². The summed E-state index contributed by atoms with van der Waals surface area (Å²) in [6.07, 6.45) is 5.24. The summed E-state index contributed by atoms with van der Waals surface area (Å²) in [6.45, 7) is 2.01. The number of nitrogens with one attached hydrogen (secondary N) is 2. The highest BCUT2D eigenvalue weighted by molar-refractivity contribution is 5.96. The van der Waals surface area contributed by atoms with E-state index in [9.17, 15) is 4.79 Å². The molecule has 3 aromatic rings. The first-order chi connectivity index (χ1) is 11.2. The maximum absolute atomic E-state index is 11.9. The topological polar surface area (TPSA) is 83.8 Å². The van der Waals surface area contributed by atoms with Crippen LogP contribution in [-0.2, 0) is 4.79 Å². The lowest BCUT2D eigenvalue weighted by molar-refractivity contribution is -0.117. The number of fused-ring (bicyclic) bond motifs is 1. The number of amides is 1. The van der Waals surface area contributed by atoms with Gasteiger partial charge in [0.1, 0.15) is 5.65 Å². The third-order valence-electron chi connectivity index (χ3n) is 3.86. The molecule has 1 aromatic carbocycles. The van der Waals surface area contributed by atoms with Gasteiger partial charge in [-0.05, 0) is 41.8 Å². The van der Waals surface area contributed by atoms with E-state index in [-0.39, 0.29) is 5.91 Å². The molecule has 118 valence electrons. The van der Waals surface area contributed by atoms with E-state index in [2.05, 4.69) is 15.3 Å². The predicted molar refractivity (Wildman–Crippen MR) is 93.0 cm³/mol. The van der Waals surface area contributed by atoms with Gasteiger partial charge in [-0.15, -0.1) is 0 Å². The van der Waals surface area contributed by atoms with Crippen LogP contribution in [0.4, 0.5) is 5.69 Å². The Bertz CT molecular complexity index is 807. The molecule has 0 unspecified atom stereocenters. The second kappa shape index (κ2) is 6.62. The number of H-pyrrole nitrogens is 1. The van der Waals surface area contributed by atoms with Crippen LogP contribution in [0.15, 0.2) is 48.8 Å². The van der Waals surface area contributed by atoms with Gasteiger partial charge in [0.15, 0.2) is 0 Å². The van der Waals surface area contributed by atoms with Crippen molar-refractivity contribution in [2.75, 3.05) is 5.32 Å². The standard InChI is InChI=1S/C18H20N4O/c1-2-3-16(19)18(23)22-13-6-4-12(5-7-13)14-8-10-20-17-15(14)9-11-21-17/h4-11,16H,2-3,19H2,1H3,(H,20,21)(H,22,23)/t16-/m1/s1. The number of benzene rings is 1. The lowest BCUT2D eigenvalue weighted by atomic mass is 10.0.